The number of pyridine rings is 1. The summed E-state index contributed by atoms with van der Waals surface area (Å²) in [5, 5.41) is 9.23. The Balaban J connectivity index is 1.34. The van der Waals surface area contributed by atoms with E-state index in [1.165, 1.54) is 0 Å². The molecule has 0 spiro atoms. The fraction of sp³-hybridized carbons (Fsp3) is 0.320. The lowest BCUT2D eigenvalue weighted by Gasteiger charge is -2.26. The van der Waals surface area contributed by atoms with Crippen LogP contribution in [0, 0.1) is 0 Å². The number of hydrogen-bond acceptors (Lipinski definition) is 8. The van der Waals surface area contributed by atoms with E-state index < -0.39 is 0 Å². The van der Waals surface area contributed by atoms with E-state index >= 15 is 0 Å². The minimum Gasteiger partial charge on any atom is -0.379 e. The molecule has 4 heterocycles. The predicted molar refractivity (Wildman–Crippen MR) is 131 cm³/mol. The van der Waals surface area contributed by atoms with Crippen LogP contribution in [0.2, 0.25) is 0 Å². The molecule has 33 heavy (non-hydrogen) atoms. The summed E-state index contributed by atoms with van der Waals surface area (Å²) in [6.45, 7) is 4.07. The number of benzene rings is 1. The van der Waals surface area contributed by atoms with Crippen molar-refractivity contribution in [1.29, 1.82) is 0 Å². The molecule has 8 heteroatoms. The van der Waals surface area contributed by atoms with Gasteiger partial charge in [0.15, 0.2) is 0 Å². The zero-order valence-corrected chi connectivity index (χ0v) is 19.1. The minimum atomic E-state index is 0.202. The van der Waals surface area contributed by atoms with E-state index in [2.05, 4.69) is 32.2 Å². The number of carbonyl (C=O) groups excluding carboxylic acids is 1. The Labute approximate surface area is 196 Å². The van der Waals surface area contributed by atoms with Gasteiger partial charge in [-0.15, -0.1) is 11.3 Å². The molecule has 2 aromatic heterocycles. The van der Waals surface area contributed by atoms with Gasteiger partial charge in [-0.25, -0.2) is 4.98 Å². The molecule has 0 unspecified atom stereocenters. The summed E-state index contributed by atoms with van der Waals surface area (Å²) >= 11 is 1.61. The van der Waals surface area contributed by atoms with Crippen molar-refractivity contribution < 1.29 is 9.53 Å². The lowest BCUT2D eigenvalue weighted by atomic mass is 10.1. The molecule has 2 aliphatic heterocycles. The Bertz CT molecular complexity index is 1180. The molecular weight excluding hydrogens is 434 g/mol. The Hall–Kier alpha value is -3.07. The fourth-order valence-electron chi connectivity index (χ4n) is 3.95. The smallest absolute Gasteiger partial charge is 0.140 e. The summed E-state index contributed by atoms with van der Waals surface area (Å²) in [5.74, 6) is 0.202. The van der Waals surface area contributed by atoms with Gasteiger partial charge in [0.05, 0.1) is 29.5 Å². The van der Waals surface area contributed by atoms with Crippen LogP contribution in [0.3, 0.4) is 0 Å². The number of Topliss-reactive ketones (excluding diaryl/α,β-unsaturated/α-hetero) is 1. The summed E-state index contributed by atoms with van der Waals surface area (Å²) in [4.78, 5) is 25.3. The van der Waals surface area contributed by atoms with Crippen molar-refractivity contribution in [1.82, 2.24) is 14.9 Å². The highest BCUT2D eigenvalue weighted by Crippen LogP contribution is 2.35. The highest BCUT2D eigenvalue weighted by Gasteiger charge is 2.20. The van der Waals surface area contributed by atoms with Gasteiger partial charge in [0.1, 0.15) is 10.8 Å². The minimum absolute atomic E-state index is 0.202. The van der Waals surface area contributed by atoms with Crippen molar-refractivity contribution in [3.63, 3.8) is 0 Å². The number of morpholine rings is 1. The van der Waals surface area contributed by atoms with E-state index in [9.17, 15) is 4.79 Å². The van der Waals surface area contributed by atoms with Crippen LogP contribution in [-0.4, -0.2) is 65.4 Å². The van der Waals surface area contributed by atoms with Crippen LogP contribution in [0.15, 0.2) is 58.9 Å². The third-order valence-electron chi connectivity index (χ3n) is 5.73. The van der Waals surface area contributed by atoms with E-state index in [1.54, 1.807) is 17.5 Å². The lowest BCUT2D eigenvalue weighted by Crippen LogP contribution is -2.37. The van der Waals surface area contributed by atoms with E-state index in [-0.39, 0.29) is 5.78 Å². The van der Waals surface area contributed by atoms with Crippen LogP contribution < -0.4 is 0 Å². The maximum Gasteiger partial charge on any atom is 0.140 e. The topological polar surface area (TPSA) is 80.0 Å². The number of rotatable bonds is 8. The van der Waals surface area contributed by atoms with Gasteiger partial charge in [0, 0.05) is 68.1 Å². The molecule has 0 radical (unpaired) electrons. The highest BCUT2D eigenvalue weighted by atomic mass is 32.1. The summed E-state index contributed by atoms with van der Waals surface area (Å²) in [6.07, 6.45) is 5.16. The molecule has 1 saturated heterocycles. The van der Waals surface area contributed by atoms with Crippen molar-refractivity contribution in [3.8, 4) is 21.8 Å². The molecule has 0 N–H and O–H groups in total. The molecule has 7 nitrogen and oxygen atoms in total. The van der Waals surface area contributed by atoms with E-state index in [4.69, 9.17) is 9.72 Å². The number of hydrogen-bond donors (Lipinski definition) is 0. The van der Waals surface area contributed by atoms with Gasteiger partial charge in [-0.3, -0.25) is 14.7 Å². The monoisotopic (exact) mass is 459 g/mol. The average molecular weight is 460 g/mol. The summed E-state index contributed by atoms with van der Waals surface area (Å²) in [5.41, 5.74) is 4.65. The standard InChI is InChI=1S/C25H25N5O2S/c31-21(8-11-30-12-14-32-15-13-30)17-20-16-19(6-9-26-20)25-28-23(18-4-2-1-3-5-18)24(33-25)22-7-10-27-29-22/h1-6,9-10,16H,7-8,11-15,17H2. The van der Waals surface area contributed by atoms with E-state index in [0.29, 0.717) is 19.3 Å². The Morgan fingerprint density at radius 1 is 1.09 bits per heavy atom. The van der Waals surface area contributed by atoms with Crippen LogP contribution in [-0.2, 0) is 16.0 Å². The second-order valence-corrected chi connectivity index (χ2v) is 9.07. The molecule has 1 fully saturated rings. The van der Waals surface area contributed by atoms with Crippen LogP contribution in [0.25, 0.3) is 21.8 Å². The molecule has 0 amide bonds. The average Bonchev–Trinajstić information content (AvgIpc) is 3.54. The third-order valence-corrected chi connectivity index (χ3v) is 6.89. The van der Waals surface area contributed by atoms with Gasteiger partial charge < -0.3 is 4.74 Å². The Morgan fingerprint density at radius 3 is 2.73 bits per heavy atom. The van der Waals surface area contributed by atoms with Crippen molar-refractivity contribution in [2.24, 2.45) is 10.2 Å². The quantitative estimate of drug-likeness (QED) is 0.511. The molecule has 3 aromatic rings. The zero-order valence-electron chi connectivity index (χ0n) is 18.3. The third kappa shape index (κ3) is 5.30. The first-order valence-corrected chi connectivity index (χ1v) is 12.0. The molecule has 2 aliphatic rings. The molecule has 5 rings (SSSR count). The zero-order chi connectivity index (χ0) is 22.5. The number of aromatic nitrogens is 2. The first kappa shape index (κ1) is 21.8. The van der Waals surface area contributed by atoms with Gasteiger partial charge >= 0.3 is 0 Å². The maximum absolute atomic E-state index is 12.6. The van der Waals surface area contributed by atoms with E-state index in [1.807, 2.05) is 36.5 Å². The van der Waals surface area contributed by atoms with E-state index in [0.717, 1.165) is 71.0 Å². The highest BCUT2D eigenvalue weighted by molar-refractivity contribution is 7.17. The molecule has 0 bridgehead atoms. The van der Waals surface area contributed by atoms with Gasteiger partial charge in [0.2, 0.25) is 0 Å². The van der Waals surface area contributed by atoms with Gasteiger partial charge in [-0.05, 0) is 12.1 Å². The largest absolute Gasteiger partial charge is 0.379 e. The molecule has 0 saturated carbocycles. The van der Waals surface area contributed by atoms with Gasteiger partial charge in [-0.2, -0.15) is 10.2 Å². The van der Waals surface area contributed by atoms with Crippen molar-refractivity contribution in [2.45, 2.75) is 19.3 Å². The number of ketones is 1. The second-order valence-electron chi connectivity index (χ2n) is 8.07. The fourth-order valence-corrected chi connectivity index (χ4v) is 5.03. The first-order chi connectivity index (χ1) is 16.3. The molecule has 0 atom stereocenters. The SMILES string of the molecule is O=C(CCN1CCOCC1)Cc1cc(-c2nc(-c3ccccc3)c(C3=NN=CC3)s2)ccn1. The van der Waals surface area contributed by atoms with Crippen molar-refractivity contribution >= 4 is 29.0 Å². The number of carbonyl (C=O) groups is 1. The maximum atomic E-state index is 12.6. The van der Waals surface area contributed by atoms with Gasteiger partial charge in [0.25, 0.3) is 0 Å². The summed E-state index contributed by atoms with van der Waals surface area (Å²) in [6, 6.07) is 14.1. The lowest BCUT2D eigenvalue weighted by molar-refractivity contribution is -0.119. The first-order valence-electron chi connectivity index (χ1n) is 11.2. The number of ether oxygens (including phenoxy) is 1. The summed E-state index contributed by atoms with van der Waals surface area (Å²) in [7, 11) is 0. The normalized spacial score (nSPS) is 16.2. The van der Waals surface area contributed by atoms with Crippen LogP contribution in [0.1, 0.15) is 23.4 Å². The summed E-state index contributed by atoms with van der Waals surface area (Å²) < 4.78 is 5.37. The second kappa shape index (κ2) is 10.2. The number of thiazole rings is 1. The van der Waals surface area contributed by atoms with Crippen LogP contribution in [0.5, 0.6) is 0 Å². The number of nitrogens with zero attached hydrogens (tertiary/aromatic N) is 5. The molecule has 1 aromatic carbocycles. The molecular formula is C25H25N5O2S. The van der Waals surface area contributed by atoms with Gasteiger partial charge in [-0.1, -0.05) is 30.3 Å². The van der Waals surface area contributed by atoms with Crippen LogP contribution in [0.4, 0.5) is 0 Å². The Morgan fingerprint density at radius 2 is 1.94 bits per heavy atom. The van der Waals surface area contributed by atoms with Crippen molar-refractivity contribution in [2.75, 3.05) is 32.8 Å². The Kier molecular flexibility index (Phi) is 6.76. The van der Waals surface area contributed by atoms with Crippen LogP contribution >= 0.6 is 11.3 Å². The molecule has 168 valence electrons. The molecule has 0 aliphatic carbocycles. The predicted octanol–water partition coefficient (Wildman–Crippen LogP) is 3.88. The van der Waals surface area contributed by atoms with Crippen molar-refractivity contribution in [3.05, 3.63) is 59.2 Å².